The van der Waals surface area contributed by atoms with Gasteiger partial charge < -0.3 is 10.1 Å². The van der Waals surface area contributed by atoms with Crippen LogP contribution >= 0.6 is 11.6 Å². The van der Waals surface area contributed by atoms with Crippen molar-refractivity contribution in [2.75, 3.05) is 12.5 Å². The molecule has 0 aliphatic carbocycles. The van der Waals surface area contributed by atoms with Crippen LogP contribution in [0.15, 0.2) is 60.8 Å². The van der Waals surface area contributed by atoms with E-state index in [0.29, 0.717) is 24.6 Å². The molecule has 1 N–H and O–H groups in total. The summed E-state index contributed by atoms with van der Waals surface area (Å²) in [4.78, 5) is 16.7. The number of pyridine rings is 1. The summed E-state index contributed by atoms with van der Waals surface area (Å²) in [5.41, 5.74) is 2.50. The molecule has 1 amide bonds. The van der Waals surface area contributed by atoms with Gasteiger partial charge in [0.25, 0.3) is 5.91 Å². The van der Waals surface area contributed by atoms with E-state index in [9.17, 15) is 4.79 Å². The topological polar surface area (TPSA) is 51.2 Å². The average Bonchev–Trinajstić information content (AvgIpc) is 2.69. The van der Waals surface area contributed by atoms with Crippen molar-refractivity contribution < 1.29 is 9.53 Å². The summed E-state index contributed by atoms with van der Waals surface area (Å²) in [6.45, 7) is 1.09. The van der Waals surface area contributed by atoms with Crippen molar-refractivity contribution in [3.05, 3.63) is 71.9 Å². The Morgan fingerprint density at radius 3 is 2.88 bits per heavy atom. The fourth-order valence-corrected chi connectivity index (χ4v) is 2.82. The number of halogens is 1. The molecule has 5 heteroatoms. The number of amides is 1. The van der Waals surface area contributed by atoms with Crippen molar-refractivity contribution in [3.63, 3.8) is 0 Å². The normalized spacial score (nSPS) is 10.7. The van der Waals surface area contributed by atoms with Crippen LogP contribution in [-0.4, -0.2) is 23.4 Å². The van der Waals surface area contributed by atoms with Gasteiger partial charge in [0, 0.05) is 29.6 Å². The number of hydrogen-bond donors (Lipinski definition) is 1. The second-order valence-electron chi connectivity index (χ2n) is 5.99. The molecule has 1 aromatic heterocycles. The number of carbonyl (C=O) groups is 1. The van der Waals surface area contributed by atoms with Crippen molar-refractivity contribution in [1.82, 2.24) is 10.3 Å². The Kier molecular flexibility index (Phi) is 6.45. The molecule has 0 atom stereocenters. The summed E-state index contributed by atoms with van der Waals surface area (Å²) in [6, 6.07) is 17.1. The highest BCUT2D eigenvalue weighted by molar-refractivity contribution is 6.17. The Morgan fingerprint density at radius 1 is 1.08 bits per heavy atom. The zero-order valence-electron chi connectivity index (χ0n) is 14.5. The molecule has 0 aliphatic rings. The number of unbranched alkanes of at least 4 members (excludes halogenated alkanes) is 1. The van der Waals surface area contributed by atoms with Gasteiger partial charge in [0.05, 0.1) is 12.1 Å². The molecule has 0 bridgehead atoms. The minimum Gasteiger partial charge on any atom is -0.494 e. The van der Waals surface area contributed by atoms with Crippen molar-refractivity contribution in [2.24, 2.45) is 0 Å². The Bertz CT molecular complexity index is 883. The van der Waals surface area contributed by atoms with Gasteiger partial charge in [-0.05, 0) is 54.8 Å². The third-order valence-corrected chi connectivity index (χ3v) is 4.28. The lowest BCUT2D eigenvalue weighted by Gasteiger charge is -2.09. The Morgan fingerprint density at radius 2 is 2.00 bits per heavy atom. The molecule has 0 fully saturated rings. The Hall–Kier alpha value is -2.59. The first-order valence-corrected chi connectivity index (χ1v) is 9.20. The maximum atomic E-state index is 12.4. The predicted octanol–water partition coefficient (Wildman–Crippen LogP) is 4.56. The first-order chi connectivity index (χ1) is 12.8. The largest absolute Gasteiger partial charge is 0.494 e. The van der Waals surface area contributed by atoms with E-state index >= 15 is 0 Å². The molecule has 0 aliphatic heterocycles. The van der Waals surface area contributed by atoms with E-state index in [1.54, 1.807) is 12.3 Å². The highest BCUT2D eigenvalue weighted by Crippen LogP contribution is 2.15. The highest BCUT2D eigenvalue weighted by atomic mass is 35.5. The molecule has 26 heavy (non-hydrogen) atoms. The van der Waals surface area contributed by atoms with Gasteiger partial charge in [-0.1, -0.05) is 18.2 Å². The zero-order valence-corrected chi connectivity index (χ0v) is 15.2. The van der Waals surface area contributed by atoms with E-state index in [1.807, 2.05) is 48.5 Å². The van der Waals surface area contributed by atoms with Crippen molar-refractivity contribution >= 4 is 28.4 Å². The lowest BCUT2D eigenvalue weighted by molar-refractivity contribution is 0.0951. The third kappa shape index (κ3) is 4.96. The summed E-state index contributed by atoms with van der Waals surface area (Å²) < 4.78 is 5.71. The van der Waals surface area contributed by atoms with Crippen molar-refractivity contribution in [2.45, 2.75) is 19.4 Å². The molecule has 2 aromatic carbocycles. The lowest BCUT2D eigenvalue weighted by atomic mass is 10.1. The summed E-state index contributed by atoms with van der Waals surface area (Å²) in [5.74, 6) is 1.35. The van der Waals surface area contributed by atoms with Crippen LogP contribution in [0, 0.1) is 0 Å². The molecular weight excluding hydrogens is 348 g/mol. The summed E-state index contributed by atoms with van der Waals surface area (Å²) in [6.07, 6.45) is 3.62. The molecule has 0 spiro atoms. The summed E-state index contributed by atoms with van der Waals surface area (Å²) in [7, 11) is 0. The Labute approximate surface area is 158 Å². The number of carbonyl (C=O) groups excluding carboxylic acids is 1. The first kappa shape index (κ1) is 18.2. The van der Waals surface area contributed by atoms with E-state index in [4.69, 9.17) is 16.3 Å². The van der Waals surface area contributed by atoms with Crippen LogP contribution < -0.4 is 10.1 Å². The molecule has 0 saturated carbocycles. The van der Waals surface area contributed by atoms with Gasteiger partial charge in [0.1, 0.15) is 5.75 Å². The summed E-state index contributed by atoms with van der Waals surface area (Å²) >= 11 is 5.66. The van der Waals surface area contributed by atoms with Gasteiger partial charge >= 0.3 is 0 Å². The van der Waals surface area contributed by atoms with Crippen LogP contribution in [0.25, 0.3) is 10.9 Å². The maximum Gasteiger partial charge on any atom is 0.251 e. The maximum absolute atomic E-state index is 12.4. The first-order valence-electron chi connectivity index (χ1n) is 8.67. The quantitative estimate of drug-likeness (QED) is 0.468. The van der Waals surface area contributed by atoms with E-state index in [1.165, 1.54) is 0 Å². The van der Waals surface area contributed by atoms with E-state index < -0.39 is 0 Å². The molecule has 0 radical (unpaired) electrons. The van der Waals surface area contributed by atoms with Crippen LogP contribution in [-0.2, 0) is 6.54 Å². The van der Waals surface area contributed by atoms with E-state index in [-0.39, 0.29) is 5.91 Å². The van der Waals surface area contributed by atoms with Crippen molar-refractivity contribution in [3.8, 4) is 5.75 Å². The average molecular weight is 369 g/mol. The number of ether oxygens (including phenoxy) is 1. The van der Waals surface area contributed by atoms with Crippen LogP contribution in [0.5, 0.6) is 5.75 Å². The summed E-state index contributed by atoms with van der Waals surface area (Å²) in [5, 5.41) is 3.90. The Balaban J connectivity index is 1.58. The van der Waals surface area contributed by atoms with Gasteiger partial charge in [-0.3, -0.25) is 9.78 Å². The van der Waals surface area contributed by atoms with Gasteiger partial charge in [0.2, 0.25) is 0 Å². The molecule has 3 aromatic rings. The molecule has 0 unspecified atom stereocenters. The van der Waals surface area contributed by atoms with Crippen LogP contribution in [0.1, 0.15) is 28.8 Å². The SMILES string of the molecule is O=C(NCc1cccc(OCCCCCl)c1)c1ccc2ncccc2c1. The number of fused-ring (bicyclic) bond motifs is 1. The predicted molar refractivity (Wildman–Crippen MR) is 105 cm³/mol. The second-order valence-corrected chi connectivity index (χ2v) is 6.36. The molecule has 0 saturated heterocycles. The number of hydrogen-bond acceptors (Lipinski definition) is 3. The monoisotopic (exact) mass is 368 g/mol. The van der Waals surface area contributed by atoms with Crippen molar-refractivity contribution in [1.29, 1.82) is 0 Å². The minimum absolute atomic E-state index is 0.107. The molecule has 1 heterocycles. The number of benzene rings is 2. The molecule has 4 nitrogen and oxygen atoms in total. The lowest BCUT2D eigenvalue weighted by Crippen LogP contribution is -2.22. The van der Waals surface area contributed by atoms with E-state index in [0.717, 1.165) is 35.1 Å². The number of aromatic nitrogens is 1. The molecule has 3 rings (SSSR count). The van der Waals surface area contributed by atoms with Gasteiger partial charge in [-0.25, -0.2) is 0 Å². The van der Waals surface area contributed by atoms with Gasteiger partial charge in [-0.2, -0.15) is 0 Å². The smallest absolute Gasteiger partial charge is 0.251 e. The van der Waals surface area contributed by atoms with Gasteiger partial charge in [0.15, 0.2) is 0 Å². The fourth-order valence-electron chi connectivity index (χ4n) is 2.63. The number of nitrogens with one attached hydrogen (secondary N) is 1. The zero-order chi connectivity index (χ0) is 18.2. The highest BCUT2D eigenvalue weighted by Gasteiger charge is 2.07. The number of alkyl halides is 1. The second kappa shape index (κ2) is 9.20. The van der Waals surface area contributed by atoms with E-state index in [2.05, 4.69) is 10.3 Å². The number of nitrogens with zero attached hydrogens (tertiary/aromatic N) is 1. The third-order valence-electron chi connectivity index (χ3n) is 4.01. The molecular formula is C21H21ClN2O2. The van der Waals surface area contributed by atoms with Crippen LogP contribution in [0.4, 0.5) is 0 Å². The number of rotatable bonds is 8. The molecule has 134 valence electrons. The standard InChI is InChI=1S/C21H21ClN2O2/c22-10-1-2-12-26-19-7-3-5-16(13-19)15-24-21(25)18-8-9-20-17(14-18)6-4-11-23-20/h3-9,11,13-14H,1-2,10,12,15H2,(H,24,25). The fraction of sp³-hybridized carbons (Fsp3) is 0.238. The van der Waals surface area contributed by atoms with Crippen LogP contribution in [0.2, 0.25) is 0 Å². The van der Waals surface area contributed by atoms with Crippen LogP contribution in [0.3, 0.4) is 0 Å². The van der Waals surface area contributed by atoms with Gasteiger partial charge in [-0.15, -0.1) is 11.6 Å². The minimum atomic E-state index is -0.107.